The summed E-state index contributed by atoms with van der Waals surface area (Å²) in [5, 5.41) is 0.576. The molecule has 1 aliphatic rings. The van der Waals surface area contributed by atoms with Gasteiger partial charge in [-0.3, -0.25) is 0 Å². The third kappa shape index (κ3) is 2.44. The summed E-state index contributed by atoms with van der Waals surface area (Å²) in [4.78, 5) is 10.6. The number of rotatable bonds is 2. The van der Waals surface area contributed by atoms with E-state index in [4.69, 9.17) is 17.3 Å². The van der Waals surface area contributed by atoms with E-state index >= 15 is 0 Å². The van der Waals surface area contributed by atoms with Crippen LogP contribution in [0.15, 0.2) is 12.4 Å². The minimum Gasteiger partial charge on any atom is -0.341 e. The standard InChI is InChI=1S/C11H17ClN4/c1-11(8-13)2-4-16(5-3-11)10-14-6-9(12)7-15-10/h6-7H,2-5,8,13H2,1H3. The predicted octanol–water partition coefficient (Wildman–Crippen LogP) is 1.70. The summed E-state index contributed by atoms with van der Waals surface area (Å²) >= 11 is 5.76. The Morgan fingerprint density at radius 2 is 1.94 bits per heavy atom. The van der Waals surface area contributed by atoms with Crippen LogP contribution in [0.4, 0.5) is 5.95 Å². The maximum atomic E-state index is 5.77. The normalized spacial score (nSPS) is 19.8. The first-order chi connectivity index (χ1) is 7.63. The van der Waals surface area contributed by atoms with E-state index in [0.29, 0.717) is 5.02 Å². The fraction of sp³-hybridized carbons (Fsp3) is 0.636. The van der Waals surface area contributed by atoms with Gasteiger partial charge in [-0.15, -0.1) is 0 Å². The number of nitrogens with zero attached hydrogens (tertiary/aromatic N) is 3. The fourth-order valence-corrected chi connectivity index (χ4v) is 2.02. The van der Waals surface area contributed by atoms with Gasteiger partial charge in [-0.25, -0.2) is 9.97 Å². The average Bonchev–Trinajstić information content (AvgIpc) is 2.32. The Balaban J connectivity index is 2.01. The minimum absolute atomic E-state index is 0.281. The van der Waals surface area contributed by atoms with Crippen LogP contribution in [-0.4, -0.2) is 29.6 Å². The van der Waals surface area contributed by atoms with Gasteiger partial charge in [-0.05, 0) is 24.8 Å². The van der Waals surface area contributed by atoms with E-state index in [-0.39, 0.29) is 5.41 Å². The van der Waals surface area contributed by atoms with Gasteiger partial charge in [0.15, 0.2) is 0 Å². The number of anilines is 1. The molecule has 0 aliphatic carbocycles. The first-order valence-corrected chi connectivity index (χ1v) is 5.93. The van der Waals surface area contributed by atoms with Gasteiger partial charge in [0.1, 0.15) is 0 Å². The summed E-state index contributed by atoms with van der Waals surface area (Å²) in [5.41, 5.74) is 6.05. The second-order valence-electron chi connectivity index (χ2n) is 4.70. The van der Waals surface area contributed by atoms with Crippen molar-refractivity contribution in [2.24, 2.45) is 11.1 Å². The SMILES string of the molecule is CC1(CN)CCN(c2ncc(Cl)cn2)CC1. The third-order valence-corrected chi connectivity index (χ3v) is 3.55. The first kappa shape index (κ1) is 11.6. The Bertz CT molecular complexity index is 344. The van der Waals surface area contributed by atoms with E-state index in [9.17, 15) is 0 Å². The van der Waals surface area contributed by atoms with E-state index in [1.165, 1.54) is 0 Å². The lowest BCUT2D eigenvalue weighted by Crippen LogP contribution is -2.42. The number of halogens is 1. The van der Waals surface area contributed by atoms with Crippen molar-refractivity contribution in [3.05, 3.63) is 17.4 Å². The van der Waals surface area contributed by atoms with Crippen molar-refractivity contribution in [2.45, 2.75) is 19.8 Å². The molecule has 0 unspecified atom stereocenters. The highest BCUT2D eigenvalue weighted by molar-refractivity contribution is 6.30. The van der Waals surface area contributed by atoms with E-state index in [0.717, 1.165) is 38.4 Å². The van der Waals surface area contributed by atoms with Gasteiger partial charge in [0, 0.05) is 13.1 Å². The van der Waals surface area contributed by atoms with Crippen molar-refractivity contribution in [3.63, 3.8) is 0 Å². The maximum Gasteiger partial charge on any atom is 0.225 e. The Morgan fingerprint density at radius 1 is 1.38 bits per heavy atom. The van der Waals surface area contributed by atoms with Gasteiger partial charge in [-0.2, -0.15) is 0 Å². The average molecular weight is 241 g/mol. The molecule has 88 valence electrons. The summed E-state index contributed by atoms with van der Waals surface area (Å²) < 4.78 is 0. The van der Waals surface area contributed by atoms with Crippen molar-refractivity contribution in [1.82, 2.24) is 9.97 Å². The Hall–Kier alpha value is -0.870. The zero-order valence-electron chi connectivity index (χ0n) is 9.49. The molecule has 0 saturated carbocycles. The Kier molecular flexibility index (Phi) is 3.30. The number of aromatic nitrogens is 2. The molecular formula is C11H17ClN4. The second kappa shape index (κ2) is 4.55. The molecule has 2 heterocycles. The van der Waals surface area contributed by atoms with Gasteiger partial charge in [0.05, 0.1) is 17.4 Å². The molecule has 16 heavy (non-hydrogen) atoms. The summed E-state index contributed by atoms with van der Waals surface area (Å²) in [5.74, 6) is 0.767. The van der Waals surface area contributed by atoms with E-state index in [2.05, 4.69) is 21.8 Å². The molecule has 1 saturated heterocycles. The number of hydrogen-bond acceptors (Lipinski definition) is 4. The molecule has 0 atom stereocenters. The monoisotopic (exact) mass is 240 g/mol. The smallest absolute Gasteiger partial charge is 0.225 e. The molecule has 0 bridgehead atoms. The molecule has 5 heteroatoms. The molecule has 0 aromatic carbocycles. The highest BCUT2D eigenvalue weighted by Gasteiger charge is 2.29. The Labute approximate surface area is 101 Å². The summed E-state index contributed by atoms with van der Waals surface area (Å²) in [6.07, 6.45) is 5.46. The molecule has 1 aliphatic heterocycles. The molecule has 0 radical (unpaired) electrons. The molecule has 4 nitrogen and oxygen atoms in total. The van der Waals surface area contributed by atoms with Crippen LogP contribution in [0.1, 0.15) is 19.8 Å². The van der Waals surface area contributed by atoms with E-state index in [1.54, 1.807) is 12.4 Å². The molecular weight excluding hydrogens is 224 g/mol. The van der Waals surface area contributed by atoms with Crippen LogP contribution in [0.2, 0.25) is 5.02 Å². The zero-order chi connectivity index (χ0) is 11.6. The van der Waals surface area contributed by atoms with Gasteiger partial charge in [-0.1, -0.05) is 18.5 Å². The quantitative estimate of drug-likeness (QED) is 0.855. The van der Waals surface area contributed by atoms with Crippen molar-refractivity contribution < 1.29 is 0 Å². The zero-order valence-corrected chi connectivity index (χ0v) is 10.2. The van der Waals surface area contributed by atoms with Crippen molar-refractivity contribution >= 4 is 17.5 Å². The molecule has 1 aromatic rings. The number of piperidine rings is 1. The Morgan fingerprint density at radius 3 is 2.44 bits per heavy atom. The summed E-state index contributed by atoms with van der Waals surface area (Å²) in [6, 6.07) is 0. The van der Waals surface area contributed by atoms with Crippen LogP contribution in [0.3, 0.4) is 0 Å². The summed E-state index contributed by atoms with van der Waals surface area (Å²) in [7, 11) is 0. The van der Waals surface area contributed by atoms with Gasteiger partial charge < -0.3 is 10.6 Å². The van der Waals surface area contributed by atoms with Crippen LogP contribution in [0.5, 0.6) is 0 Å². The molecule has 2 N–H and O–H groups in total. The summed E-state index contributed by atoms with van der Waals surface area (Å²) in [6.45, 7) is 4.93. The highest BCUT2D eigenvalue weighted by atomic mass is 35.5. The lowest BCUT2D eigenvalue weighted by Gasteiger charge is -2.38. The second-order valence-corrected chi connectivity index (χ2v) is 5.14. The van der Waals surface area contributed by atoms with Crippen molar-refractivity contribution in [3.8, 4) is 0 Å². The van der Waals surface area contributed by atoms with Crippen molar-refractivity contribution in [2.75, 3.05) is 24.5 Å². The number of nitrogens with two attached hydrogens (primary N) is 1. The fourth-order valence-electron chi connectivity index (χ4n) is 1.92. The molecule has 2 rings (SSSR count). The van der Waals surface area contributed by atoms with Gasteiger partial charge >= 0.3 is 0 Å². The van der Waals surface area contributed by atoms with Crippen LogP contribution in [0, 0.1) is 5.41 Å². The molecule has 0 amide bonds. The lowest BCUT2D eigenvalue weighted by molar-refractivity contribution is 0.257. The van der Waals surface area contributed by atoms with Gasteiger partial charge in [0.25, 0.3) is 0 Å². The van der Waals surface area contributed by atoms with Crippen LogP contribution in [-0.2, 0) is 0 Å². The van der Waals surface area contributed by atoms with Crippen LogP contribution in [0.25, 0.3) is 0 Å². The molecule has 1 fully saturated rings. The molecule has 0 spiro atoms. The number of hydrogen-bond donors (Lipinski definition) is 1. The van der Waals surface area contributed by atoms with Crippen LogP contribution < -0.4 is 10.6 Å². The van der Waals surface area contributed by atoms with E-state index in [1.807, 2.05) is 0 Å². The van der Waals surface area contributed by atoms with Crippen molar-refractivity contribution in [1.29, 1.82) is 0 Å². The lowest BCUT2D eigenvalue weighted by atomic mass is 9.81. The third-order valence-electron chi connectivity index (χ3n) is 3.35. The first-order valence-electron chi connectivity index (χ1n) is 5.55. The van der Waals surface area contributed by atoms with E-state index < -0.39 is 0 Å². The topological polar surface area (TPSA) is 55.0 Å². The van der Waals surface area contributed by atoms with Crippen LogP contribution >= 0.6 is 11.6 Å². The van der Waals surface area contributed by atoms with Gasteiger partial charge in [0.2, 0.25) is 5.95 Å². The minimum atomic E-state index is 0.281. The largest absolute Gasteiger partial charge is 0.341 e. The molecule has 1 aromatic heterocycles. The highest BCUT2D eigenvalue weighted by Crippen LogP contribution is 2.30. The maximum absolute atomic E-state index is 5.77. The predicted molar refractivity (Wildman–Crippen MR) is 65.7 cm³/mol.